The van der Waals surface area contributed by atoms with E-state index in [0.29, 0.717) is 5.75 Å². The van der Waals surface area contributed by atoms with Crippen molar-refractivity contribution in [2.75, 3.05) is 13.7 Å². The van der Waals surface area contributed by atoms with Gasteiger partial charge >= 0.3 is 5.97 Å². The van der Waals surface area contributed by atoms with Crippen molar-refractivity contribution in [3.05, 3.63) is 54.0 Å². The van der Waals surface area contributed by atoms with E-state index in [-0.39, 0.29) is 24.1 Å². The van der Waals surface area contributed by atoms with E-state index < -0.39 is 5.97 Å². The van der Waals surface area contributed by atoms with Crippen molar-refractivity contribution in [3.8, 4) is 5.75 Å². The summed E-state index contributed by atoms with van der Waals surface area (Å²) in [5.74, 6) is -0.268. The number of esters is 1. The average molecular weight is 303 g/mol. The lowest BCUT2D eigenvalue weighted by Crippen LogP contribution is -2.31. The Morgan fingerprint density at radius 2 is 2.14 bits per heavy atom. The molecule has 0 fully saturated rings. The van der Waals surface area contributed by atoms with Gasteiger partial charge in [0, 0.05) is 0 Å². The number of amides is 1. The van der Waals surface area contributed by atoms with Crippen molar-refractivity contribution < 1.29 is 23.5 Å². The highest BCUT2D eigenvalue weighted by Gasteiger charge is 2.14. The van der Waals surface area contributed by atoms with Gasteiger partial charge in [0.25, 0.3) is 5.91 Å². The summed E-state index contributed by atoms with van der Waals surface area (Å²) in [5.41, 5.74) is 1.17. The summed E-state index contributed by atoms with van der Waals surface area (Å²) in [6.07, 6.45) is 2.63. The minimum Gasteiger partial charge on any atom is -0.497 e. The number of rotatable bonds is 6. The number of hydrogen-bond acceptors (Lipinski definition) is 5. The van der Waals surface area contributed by atoms with Crippen LogP contribution in [-0.2, 0) is 9.53 Å². The zero-order chi connectivity index (χ0) is 15.9. The molecule has 2 rings (SSSR count). The largest absolute Gasteiger partial charge is 0.497 e. The third-order valence-corrected chi connectivity index (χ3v) is 3.06. The number of furan rings is 1. The van der Waals surface area contributed by atoms with E-state index in [1.165, 1.54) is 18.6 Å². The van der Waals surface area contributed by atoms with Crippen molar-refractivity contribution in [2.24, 2.45) is 0 Å². The third-order valence-electron chi connectivity index (χ3n) is 3.06. The molecule has 22 heavy (non-hydrogen) atoms. The van der Waals surface area contributed by atoms with Crippen molar-refractivity contribution in [1.29, 1.82) is 0 Å². The monoisotopic (exact) mass is 303 g/mol. The molecule has 1 amide bonds. The van der Waals surface area contributed by atoms with Crippen molar-refractivity contribution in [2.45, 2.75) is 13.0 Å². The number of methoxy groups -OCH3 is 1. The molecule has 0 saturated heterocycles. The second-order valence-corrected chi connectivity index (χ2v) is 4.65. The number of hydrogen-bond donors (Lipinski definition) is 1. The first kappa shape index (κ1) is 15.6. The molecule has 0 aliphatic heterocycles. The molecule has 0 spiro atoms. The van der Waals surface area contributed by atoms with E-state index in [4.69, 9.17) is 13.9 Å². The van der Waals surface area contributed by atoms with Gasteiger partial charge in [0.05, 0.1) is 25.0 Å². The first-order chi connectivity index (χ1) is 10.6. The van der Waals surface area contributed by atoms with Gasteiger partial charge in [-0.15, -0.1) is 0 Å². The summed E-state index contributed by atoms with van der Waals surface area (Å²) in [5, 5.41) is 2.75. The van der Waals surface area contributed by atoms with Crippen LogP contribution in [-0.4, -0.2) is 25.6 Å². The second kappa shape index (κ2) is 7.31. The lowest BCUT2D eigenvalue weighted by atomic mass is 10.1. The molecular formula is C16H17NO5. The van der Waals surface area contributed by atoms with Crippen LogP contribution in [0.2, 0.25) is 0 Å². The molecule has 0 unspecified atom stereocenters. The van der Waals surface area contributed by atoms with Crippen LogP contribution in [0.1, 0.15) is 28.9 Å². The van der Waals surface area contributed by atoms with Crippen LogP contribution in [0, 0.1) is 0 Å². The van der Waals surface area contributed by atoms with E-state index in [1.807, 2.05) is 31.2 Å². The Balaban J connectivity index is 1.84. The lowest BCUT2D eigenvalue weighted by Gasteiger charge is -2.15. The van der Waals surface area contributed by atoms with Gasteiger partial charge in [-0.05, 0) is 30.7 Å². The number of nitrogens with one attached hydrogen (secondary N) is 1. The Hall–Kier alpha value is -2.76. The summed E-state index contributed by atoms with van der Waals surface area (Å²) in [6.45, 7) is 1.49. The Labute approximate surface area is 128 Å². The van der Waals surface area contributed by atoms with Gasteiger partial charge in [-0.25, -0.2) is 4.79 Å². The van der Waals surface area contributed by atoms with Crippen LogP contribution < -0.4 is 10.1 Å². The van der Waals surface area contributed by atoms with E-state index in [1.54, 1.807) is 7.11 Å². The molecule has 1 atom stereocenters. The second-order valence-electron chi connectivity index (χ2n) is 4.65. The molecular weight excluding hydrogens is 286 g/mol. The minimum atomic E-state index is -0.599. The van der Waals surface area contributed by atoms with Gasteiger partial charge in [0.1, 0.15) is 12.0 Å². The summed E-state index contributed by atoms with van der Waals surface area (Å²) in [4.78, 5) is 23.4. The Morgan fingerprint density at radius 3 is 2.82 bits per heavy atom. The molecule has 1 N–H and O–H groups in total. The van der Waals surface area contributed by atoms with Crippen LogP contribution in [0.25, 0.3) is 0 Å². The molecule has 0 bridgehead atoms. The van der Waals surface area contributed by atoms with Crippen molar-refractivity contribution in [3.63, 3.8) is 0 Å². The van der Waals surface area contributed by atoms with Crippen LogP contribution in [0.3, 0.4) is 0 Å². The fraction of sp³-hybridized carbons (Fsp3) is 0.250. The Morgan fingerprint density at radius 1 is 1.32 bits per heavy atom. The first-order valence-corrected chi connectivity index (χ1v) is 6.73. The predicted molar refractivity (Wildman–Crippen MR) is 78.5 cm³/mol. The Kier molecular flexibility index (Phi) is 5.19. The lowest BCUT2D eigenvalue weighted by molar-refractivity contribution is -0.124. The summed E-state index contributed by atoms with van der Waals surface area (Å²) < 4.78 is 14.8. The van der Waals surface area contributed by atoms with Gasteiger partial charge < -0.3 is 19.2 Å². The van der Waals surface area contributed by atoms with Gasteiger partial charge in [-0.2, -0.15) is 0 Å². The molecule has 0 radical (unpaired) electrons. The molecule has 1 aromatic heterocycles. The van der Waals surface area contributed by atoms with E-state index >= 15 is 0 Å². The Bertz CT molecular complexity index is 636. The number of ether oxygens (including phenoxy) is 2. The normalized spacial score (nSPS) is 11.5. The number of carbonyl (C=O) groups excluding carboxylic acids is 2. The molecule has 0 saturated carbocycles. The highest BCUT2D eigenvalue weighted by Crippen LogP contribution is 2.18. The summed E-state index contributed by atoms with van der Waals surface area (Å²) >= 11 is 0. The molecule has 1 heterocycles. The van der Waals surface area contributed by atoms with Gasteiger partial charge in [-0.1, -0.05) is 12.1 Å². The maximum Gasteiger partial charge on any atom is 0.341 e. The zero-order valence-corrected chi connectivity index (χ0v) is 12.4. The summed E-state index contributed by atoms with van der Waals surface area (Å²) in [6, 6.07) is 8.63. The predicted octanol–water partition coefficient (Wildman–Crippen LogP) is 2.32. The van der Waals surface area contributed by atoms with Crippen molar-refractivity contribution >= 4 is 11.9 Å². The van der Waals surface area contributed by atoms with Crippen LogP contribution in [0.15, 0.2) is 47.3 Å². The standard InChI is InChI=1S/C16H17NO5/c1-11(12-4-3-5-14(8-12)20-2)17-15(18)10-22-16(19)13-6-7-21-9-13/h3-9,11H,10H2,1-2H3,(H,17,18)/t11-/m1/s1. The molecule has 6 nitrogen and oxygen atoms in total. The fourth-order valence-corrected chi connectivity index (χ4v) is 1.87. The maximum absolute atomic E-state index is 11.8. The highest BCUT2D eigenvalue weighted by molar-refractivity contribution is 5.90. The third kappa shape index (κ3) is 4.12. The molecule has 116 valence electrons. The quantitative estimate of drug-likeness (QED) is 0.829. The molecule has 1 aromatic carbocycles. The first-order valence-electron chi connectivity index (χ1n) is 6.73. The molecule has 0 aliphatic rings. The SMILES string of the molecule is COc1cccc([C@@H](C)NC(=O)COC(=O)c2ccoc2)c1. The van der Waals surface area contributed by atoms with E-state index in [9.17, 15) is 9.59 Å². The zero-order valence-electron chi connectivity index (χ0n) is 12.4. The fourth-order valence-electron chi connectivity index (χ4n) is 1.87. The van der Waals surface area contributed by atoms with Crippen LogP contribution in [0.5, 0.6) is 5.75 Å². The van der Waals surface area contributed by atoms with Gasteiger partial charge in [-0.3, -0.25) is 4.79 Å². The number of carbonyl (C=O) groups is 2. The van der Waals surface area contributed by atoms with E-state index in [0.717, 1.165) is 5.56 Å². The molecule has 0 aliphatic carbocycles. The minimum absolute atomic E-state index is 0.227. The van der Waals surface area contributed by atoms with E-state index in [2.05, 4.69) is 5.32 Å². The van der Waals surface area contributed by atoms with Gasteiger partial charge in [0.15, 0.2) is 6.61 Å². The number of benzene rings is 1. The molecule has 2 aromatic rings. The highest BCUT2D eigenvalue weighted by atomic mass is 16.5. The maximum atomic E-state index is 11.8. The average Bonchev–Trinajstić information content (AvgIpc) is 3.07. The molecule has 6 heteroatoms. The summed E-state index contributed by atoms with van der Waals surface area (Å²) in [7, 11) is 1.58. The van der Waals surface area contributed by atoms with Crippen LogP contribution in [0.4, 0.5) is 0 Å². The van der Waals surface area contributed by atoms with Crippen molar-refractivity contribution in [1.82, 2.24) is 5.32 Å². The topological polar surface area (TPSA) is 77.8 Å². The van der Waals surface area contributed by atoms with Gasteiger partial charge in [0.2, 0.25) is 0 Å². The van der Waals surface area contributed by atoms with Crippen LogP contribution >= 0.6 is 0 Å². The smallest absolute Gasteiger partial charge is 0.341 e.